The number of piperazine rings is 1. The zero-order valence-electron chi connectivity index (χ0n) is 20.4. The van der Waals surface area contributed by atoms with E-state index in [0.29, 0.717) is 0 Å². The molecule has 1 aliphatic heterocycles. The Hall–Kier alpha value is -2.11. The second kappa shape index (κ2) is 8.92. The third kappa shape index (κ3) is 4.38. The molecule has 0 atom stereocenters. The van der Waals surface area contributed by atoms with Gasteiger partial charge in [-0.1, -0.05) is 69.8 Å². The molecule has 1 aliphatic carbocycles. The topological polar surface area (TPSA) is 36.7 Å². The first kappa shape index (κ1) is 22.7. The summed E-state index contributed by atoms with van der Waals surface area (Å²) in [5.41, 5.74) is 4.93. The largest absolute Gasteiger partial charge is 0.354 e. The third-order valence-corrected chi connectivity index (χ3v) is 7.72. The summed E-state index contributed by atoms with van der Waals surface area (Å²) in [5.74, 6) is 1.15. The van der Waals surface area contributed by atoms with Crippen LogP contribution in [-0.4, -0.2) is 51.7 Å². The van der Waals surface area contributed by atoms with Crippen molar-refractivity contribution in [1.82, 2.24) is 19.5 Å². The minimum atomic E-state index is -0.0592. The van der Waals surface area contributed by atoms with Gasteiger partial charge in [0, 0.05) is 54.3 Å². The summed E-state index contributed by atoms with van der Waals surface area (Å²) >= 11 is 6.62. The molecule has 33 heavy (non-hydrogen) atoms. The van der Waals surface area contributed by atoms with Gasteiger partial charge >= 0.3 is 0 Å². The maximum absolute atomic E-state index is 6.62. The molecule has 6 heteroatoms. The second-order valence-electron chi connectivity index (χ2n) is 10.7. The van der Waals surface area contributed by atoms with E-state index in [-0.39, 0.29) is 5.41 Å². The van der Waals surface area contributed by atoms with Crippen LogP contribution in [0.15, 0.2) is 30.3 Å². The molecule has 0 amide bonds. The highest BCUT2D eigenvalue weighted by atomic mass is 35.5. The number of rotatable bonds is 3. The van der Waals surface area contributed by atoms with Crippen LogP contribution in [0.25, 0.3) is 16.8 Å². The summed E-state index contributed by atoms with van der Waals surface area (Å²) in [6.45, 7) is 13.1. The second-order valence-corrected chi connectivity index (χ2v) is 11.1. The highest BCUT2D eigenvalue weighted by molar-refractivity contribution is 6.33. The van der Waals surface area contributed by atoms with Gasteiger partial charge < -0.3 is 4.90 Å². The van der Waals surface area contributed by atoms with Crippen LogP contribution in [-0.2, 0) is 5.41 Å². The Labute approximate surface area is 202 Å². The van der Waals surface area contributed by atoms with E-state index in [1.165, 1.54) is 32.1 Å². The number of aromatic nitrogens is 3. The SMILES string of the molecule is Cc1nn2c(N3CCN(C4CCCCC4)CC3)cc(C(C)(C)C)nc2c1-c1ccccc1Cl. The van der Waals surface area contributed by atoms with E-state index in [1.54, 1.807) is 0 Å². The fourth-order valence-electron chi connectivity index (χ4n) is 5.46. The fourth-order valence-corrected chi connectivity index (χ4v) is 5.69. The summed E-state index contributed by atoms with van der Waals surface area (Å²) in [5, 5.41) is 5.72. The predicted molar refractivity (Wildman–Crippen MR) is 138 cm³/mol. The highest BCUT2D eigenvalue weighted by Gasteiger charge is 2.29. The average Bonchev–Trinajstić information content (AvgIpc) is 3.14. The molecule has 0 radical (unpaired) electrons. The van der Waals surface area contributed by atoms with Crippen molar-refractivity contribution in [2.45, 2.75) is 71.3 Å². The molecule has 0 spiro atoms. The quantitative estimate of drug-likeness (QED) is 0.467. The Balaban J connectivity index is 1.55. The Morgan fingerprint density at radius 3 is 2.33 bits per heavy atom. The van der Waals surface area contributed by atoms with Crippen molar-refractivity contribution in [3.8, 4) is 11.1 Å². The minimum absolute atomic E-state index is 0.0592. The van der Waals surface area contributed by atoms with Crippen molar-refractivity contribution in [3.05, 3.63) is 46.7 Å². The van der Waals surface area contributed by atoms with Crippen molar-refractivity contribution in [3.63, 3.8) is 0 Å². The van der Waals surface area contributed by atoms with Crippen molar-refractivity contribution in [2.24, 2.45) is 0 Å². The molecule has 2 aliphatic rings. The van der Waals surface area contributed by atoms with Crippen molar-refractivity contribution in [1.29, 1.82) is 0 Å². The number of benzene rings is 1. The average molecular weight is 466 g/mol. The van der Waals surface area contributed by atoms with Crippen LogP contribution in [0.3, 0.4) is 0 Å². The lowest BCUT2D eigenvalue weighted by molar-refractivity contribution is 0.147. The van der Waals surface area contributed by atoms with Crippen LogP contribution in [0.2, 0.25) is 5.02 Å². The van der Waals surface area contributed by atoms with E-state index in [4.69, 9.17) is 21.7 Å². The number of aryl methyl sites for hydroxylation is 1. The number of hydrogen-bond acceptors (Lipinski definition) is 4. The first-order chi connectivity index (χ1) is 15.8. The van der Waals surface area contributed by atoms with Crippen LogP contribution in [0.5, 0.6) is 0 Å². The normalized spacial score (nSPS) is 18.9. The van der Waals surface area contributed by atoms with Crippen LogP contribution < -0.4 is 4.90 Å². The number of hydrogen-bond donors (Lipinski definition) is 0. The fraction of sp³-hybridized carbons (Fsp3) is 0.556. The molecular formula is C27H36ClN5. The Morgan fingerprint density at radius 1 is 0.970 bits per heavy atom. The molecule has 5 rings (SSSR count). The lowest BCUT2D eigenvalue weighted by Crippen LogP contribution is -2.51. The van der Waals surface area contributed by atoms with Crippen LogP contribution in [0, 0.1) is 6.92 Å². The summed E-state index contributed by atoms with van der Waals surface area (Å²) in [7, 11) is 0. The van der Waals surface area contributed by atoms with Gasteiger partial charge in [0.05, 0.1) is 17.0 Å². The standard InChI is InChI=1S/C27H36ClN5/c1-19-25(21-12-8-9-13-22(21)28)26-29-23(27(2,3)4)18-24(33(26)30-19)32-16-14-31(15-17-32)20-10-6-5-7-11-20/h8-9,12-13,18,20H,5-7,10-11,14-17H2,1-4H3. The number of halogens is 1. The van der Waals surface area contributed by atoms with Crippen LogP contribution in [0.1, 0.15) is 64.3 Å². The molecule has 0 bridgehead atoms. The van der Waals surface area contributed by atoms with Gasteiger partial charge in [0.2, 0.25) is 0 Å². The molecule has 1 saturated carbocycles. The molecule has 0 N–H and O–H groups in total. The molecule has 5 nitrogen and oxygen atoms in total. The molecule has 1 aromatic carbocycles. The maximum Gasteiger partial charge on any atom is 0.165 e. The zero-order valence-corrected chi connectivity index (χ0v) is 21.2. The number of anilines is 1. The van der Waals surface area contributed by atoms with Crippen LogP contribution >= 0.6 is 11.6 Å². The molecule has 3 heterocycles. The third-order valence-electron chi connectivity index (χ3n) is 7.39. The molecule has 0 unspecified atom stereocenters. The maximum atomic E-state index is 6.62. The van der Waals surface area contributed by atoms with E-state index in [9.17, 15) is 0 Å². The van der Waals surface area contributed by atoms with Gasteiger partial charge in [-0.25, -0.2) is 4.98 Å². The smallest absolute Gasteiger partial charge is 0.165 e. The van der Waals surface area contributed by atoms with E-state index in [2.05, 4.69) is 54.1 Å². The van der Waals surface area contributed by atoms with E-state index >= 15 is 0 Å². The minimum Gasteiger partial charge on any atom is -0.354 e. The first-order valence-electron chi connectivity index (χ1n) is 12.5. The Bertz CT molecular complexity index is 1130. The van der Waals surface area contributed by atoms with E-state index < -0.39 is 0 Å². The summed E-state index contributed by atoms with van der Waals surface area (Å²) < 4.78 is 2.06. The number of nitrogens with zero attached hydrogens (tertiary/aromatic N) is 5. The van der Waals surface area contributed by atoms with Gasteiger partial charge in [-0.15, -0.1) is 0 Å². The molecule has 1 saturated heterocycles. The zero-order chi connectivity index (χ0) is 23.2. The molecule has 2 fully saturated rings. The van der Waals surface area contributed by atoms with Gasteiger partial charge in [-0.3, -0.25) is 4.90 Å². The van der Waals surface area contributed by atoms with Crippen molar-refractivity contribution < 1.29 is 0 Å². The van der Waals surface area contributed by atoms with Crippen molar-refractivity contribution in [2.75, 3.05) is 31.1 Å². The molecule has 3 aromatic rings. The Morgan fingerprint density at radius 2 is 1.67 bits per heavy atom. The number of fused-ring (bicyclic) bond motifs is 1. The lowest BCUT2D eigenvalue weighted by Gasteiger charge is -2.41. The van der Waals surface area contributed by atoms with E-state index in [1.807, 2.05) is 18.2 Å². The lowest BCUT2D eigenvalue weighted by atomic mass is 9.91. The molecule has 2 aromatic heterocycles. The summed E-state index contributed by atoms with van der Waals surface area (Å²) in [6.07, 6.45) is 6.93. The van der Waals surface area contributed by atoms with E-state index in [0.717, 1.165) is 71.2 Å². The first-order valence-corrected chi connectivity index (χ1v) is 12.9. The summed E-state index contributed by atoms with van der Waals surface area (Å²) in [6, 6.07) is 11.1. The van der Waals surface area contributed by atoms with Gasteiger partial charge in [-0.2, -0.15) is 9.61 Å². The van der Waals surface area contributed by atoms with Crippen molar-refractivity contribution >= 4 is 23.1 Å². The van der Waals surface area contributed by atoms with Crippen LogP contribution in [0.4, 0.5) is 5.82 Å². The van der Waals surface area contributed by atoms with Gasteiger partial charge in [0.1, 0.15) is 5.82 Å². The summed E-state index contributed by atoms with van der Waals surface area (Å²) in [4.78, 5) is 10.4. The monoisotopic (exact) mass is 465 g/mol. The van der Waals surface area contributed by atoms with Gasteiger partial charge in [-0.05, 0) is 25.8 Å². The van der Waals surface area contributed by atoms with Gasteiger partial charge in [0.25, 0.3) is 0 Å². The molecule has 176 valence electrons. The highest BCUT2D eigenvalue weighted by Crippen LogP contribution is 2.36. The van der Waals surface area contributed by atoms with Gasteiger partial charge in [0.15, 0.2) is 5.65 Å². The molecular weight excluding hydrogens is 430 g/mol. The Kier molecular flexibility index (Phi) is 6.13. The predicted octanol–water partition coefficient (Wildman–Crippen LogP) is 6.11.